The summed E-state index contributed by atoms with van der Waals surface area (Å²) >= 11 is 1.77. The van der Waals surface area contributed by atoms with Crippen molar-refractivity contribution in [1.82, 2.24) is 9.97 Å². The predicted octanol–water partition coefficient (Wildman–Crippen LogP) is 13.0. The molecule has 5 heteroatoms. The van der Waals surface area contributed by atoms with Gasteiger partial charge in [-0.1, -0.05) is 137 Å². The average Bonchev–Trinajstić information content (AvgIpc) is 3.60. The van der Waals surface area contributed by atoms with E-state index in [0.717, 1.165) is 69.2 Å². The number of thiophene rings is 1. The molecule has 53 heavy (non-hydrogen) atoms. The standard InChI is InChI=1S/C30H26NS.C18H24NSi.Ir/c1-3-8-21(9-4-1)18-22-16-17-31-28(19-22)27-13-7-12-26-25-15-14-24(20-29(25)32-30(26)27)23-10-5-2-6-11-23;1-14(2)11-16-12-17(15-9-7-6-8-10-15)19-13-18(16)20(3,4)5;/h2,5-7,10-12,14-17,19-21H,1,3-4,8-9,18H2;6-9,12-14H,11H2,1-5H3;/q2*-1;/i18D2;11D2;. The number of benzene rings is 4. The van der Waals surface area contributed by atoms with Gasteiger partial charge in [0.25, 0.3) is 0 Å². The van der Waals surface area contributed by atoms with Crippen molar-refractivity contribution in [1.29, 1.82) is 0 Å². The Labute approximate surface area is 341 Å². The molecule has 0 aliphatic heterocycles. The van der Waals surface area contributed by atoms with Crippen LogP contribution in [-0.4, -0.2) is 18.0 Å². The maximum absolute atomic E-state index is 8.91. The first kappa shape index (κ1) is 33.8. The van der Waals surface area contributed by atoms with Crippen LogP contribution in [0.15, 0.2) is 116 Å². The Morgan fingerprint density at radius 1 is 0.792 bits per heavy atom. The Hall–Kier alpha value is -3.73. The van der Waals surface area contributed by atoms with Crippen LogP contribution in [0.1, 0.15) is 62.6 Å². The minimum atomic E-state index is -1.67. The molecule has 8 rings (SSSR count). The molecule has 0 amide bonds. The maximum Gasteiger partial charge on any atom is 0.0798 e. The molecule has 0 N–H and O–H groups in total. The molecule has 1 aliphatic carbocycles. The molecule has 0 saturated heterocycles. The van der Waals surface area contributed by atoms with E-state index < -0.39 is 20.8 Å². The van der Waals surface area contributed by atoms with E-state index in [0.29, 0.717) is 0 Å². The van der Waals surface area contributed by atoms with Crippen LogP contribution >= 0.6 is 11.3 Å². The second-order valence-corrected chi connectivity index (χ2v) is 21.2. The van der Waals surface area contributed by atoms with Gasteiger partial charge in [0.1, 0.15) is 0 Å². The number of hydrogen-bond acceptors (Lipinski definition) is 3. The molecule has 0 unspecified atom stereocenters. The van der Waals surface area contributed by atoms with E-state index in [-0.39, 0.29) is 31.9 Å². The number of rotatable bonds is 8. The first-order valence-electron chi connectivity index (χ1n) is 20.6. The van der Waals surface area contributed by atoms with Gasteiger partial charge in [0.05, 0.1) is 8.07 Å². The summed E-state index contributed by atoms with van der Waals surface area (Å²) in [7, 11) is -1.67. The van der Waals surface area contributed by atoms with E-state index in [2.05, 4.69) is 90.3 Å². The van der Waals surface area contributed by atoms with Crippen LogP contribution in [0.4, 0.5) is 0 Å². The molecule has 1 saturated carbocycles. The van der Waals surface area contributed by atoms with Crippen LogP contribution in [0.3, 0.4) is 0 Å². The molecule has 273 valence electrons. The number of nitrogens with zero attached hydrogens (tertiary/aromatic N) is 2. The zero-order valence-corrected chi connectivity index (χ0v) is 35.5. The summed E-state index contributed by atoms with van der Waals surface area (Å²) < 4.78 is 37.3. The Kier molecular flexibility index (Phi) is 11.2. The van der Waals surface area contributed by atoms with Gasteiger partial charge >= 0.3 is 0 Å². The Morgan fingerprint density at radius 2 is 1.58 bits per heavy atom. The largest absolute Gasteiger partial charge is 0.305 e. The van der Waals surface area contributed by atoms with Gasteiger partial charge in [-0.2, -0.15) is 11.3 Å². The minimum Gasteiger partial charge on any atom is -0.305 e. The van der Waals surface area contributed by atoms with Crippen molar-refractivity contribution in [3.05, 3.63) is 139 Å². The normalized spacial score (nSPS) is 15.1. The van der Waals surface area contributed by atoms with Gasteiger partial charge in [-0.3, -0.25) is 0 Å². The van der Waals surface area contributed by atoms with Crippen LogP contribution < -0.4 is 5.19 Å². The van der Waals surface area contributed by atoms with Gasteiger partial charge in [-0.05, 0) is 74.5 Å². The summed E-state index contributed by atoms with van der Waals surface area (Å²) in [5, 5.41) is 3.55. The van der Waals surface area contributed by atoms with Crippen molar-refractivity contribution in [2.24, 2.45) is 11.8 Å². The molecule has 7 aromatic rings. The molecule has 3 heterocycles. The minimum absolute atomic E-state index is 0. The second-order valence-electron chi connectivity index (χ2n) is 15.1. The van der Waals surface area contributed by atoms with E-state index in [1.54, 1.807) is 17.5 Å². The summed E-state index contributed by atoms with van der Waals surface area (Å²) in [6.45, 7) is 10.6. The van der Waals surface area contributed by atoms with Gasteiger partial charge in [0.15, 0.2) is 0 Å². The van der Waals surface area contributed by atoms with Crippen molar-refractivity contribution < 1.29 is 25.6 Å². The van der Waals surface area contributed by atoms with Gasteiger partial charge in [-0.15, -0.1) is 59.7 Å². The zero-order valence-electron chi connectivity index (χ0n) is 35.3. The second kappa shape index (κ2) is 17.6. The summed E-state index contributed by atoms with van der Waals surface area (Å²) in [5.74, 6) is -0.00499. The third-order valence-electron chi connectivity index (χ3n) is 9.67. The molecule has 3 aromatic heterocycles. The Morgan fingerprint density at radius 3 is 2.32 bits per heavy atom. The first-order valence-corrected chi connectivity index (χ1v) is 22.9. The molecule has 1 radical (unpaired) electrons. The molecule has 0 spiro atoms. The predicted molar refractivity (Wildman–Crippen MR) is 227 cm³/mol. The van der Waals surface area contributed by atoms with Crippen LogP contribution in [0.5, 0.6) is 0 Å². The zero-order chi connectivity index (χ0) is 39.7. The van der Waals surface area contributed by atoms with Crippen molar-refractivity contribution in [3.8, 4) is 33.6 Å². The van der Waals surface area contributed by atoms with Crippen LogP contribution in [-0.2, 0) is 32.9 Å². The van der Waals surface area contributed by atoms with Gasteiger partial charge < -0.3 is 9.97 Å². The number of aromatic nitrogens is 2. The summed E-state index contributed by atoms with van der Waals surface area (Å²) in [6.07, 6.45) is 6.36. The fourth-order valence-corrected chi connectivity index (χ4v) is 9.72. The number of pyridine rings is 2. The number of hydrogen-bond donors (Lipinski definition) is 0. The Balaban J connectivity index is 0.000000208. The smallest absolute Gasteiger partial charge is 0.0798 e. The first-order chi connectivity index (χ1) is 26.7. The van der Waals surface area contributed by atoms with E-state index in [4.69, 9.17) is 5.48 Å². The Bertz CT molecular complexity index is 2440. The van der Waals surface area contributed by atoms with Gasteiger partial charge in [0.2, 0.25) is 0 Å². The average molecular weight is 911 g/mol. The van der Waals surface area contributed by atoms with E-state index in [1.165, 1.54) is 33.0 Å². The quantitative estimate of drug-likeness (QED) is 0.112. The van der Waals surface area contributed by atoms with Crippen molar-refractivity contribution >= 4 is 44.8 Å². The molecule has 4 aromatic carbocycles. The summed E-state index contributed by atoms with van der Waals surface area (Å²) in [5.41, 5.74) is 7.43. The molecular weight excluding hydrogens is 857 g/mol. The van der Waals surface area contributed by atoms with Gasteiger partial charge in [-0.25, -0.2) is 0 Å². The summed E-state index contributed by atoms with van der Waals surface area (Å²) in [6, 6.07) is 41.3. The van der Waals surface area contributed by atoms with Crippen LogP contribution in [0.2, 0.25) is 19.6 Å². The molecule has 2 nitrogen and oxygen atoms in total. The topological polar surface area (TPSA) is 25.8 Å². The van der Waals surface area contributed by atoms with Crippen LogP contribution in [0.25, 0.3) is 53.8 Å². The number of fused-ring (bicyclic) bond motifs is 3. The molecule has 0 bridgehead atoms. The SMILES string of the molecule is [2H]C([2H])(c1cc(-c2[c-]cccc2)ncc1[Si](C)(C)C)C(C)C.[2H]C([2H])(c1ccnc(-c2[c-]ccc3c2sc2cc(-c4ccccc4)ccc23)c1)C1CCCCC1.[Ir]. The molecule has 0 atom stereocenters. The molecular formula is C48H50IrN2SSi-2. The fourth-order valence-electron chi connectivity index (χ4n) is 7.07. The third-order valence-corrected chi connectivity index (χ3v) is 12.9. The summed E-state index contributed by atoms with van der Waals surface area (Å²) in [4.78, 5) is 9.25. The third kappa shape index (κ3) is 9.50. The molecule has 1 fully saturated rings. The van der Waals surface area contributed by atoms with Crippen molar-refractivity contribution in [2.75, 3.05) is 0 Å². The van der Waals surface area contributed by atoms with E-state index in [9.17, 15) is 0 Å². The van der Waals surface area contributed by atoms with Crippen molar-refractivity contribution in [2.45, 2.75) is 78.3 Å². The van der Waals surface area contributed by atoms with E-state index in [1.807, 2.05) is 74.6 Å². The monoisotopic (exact) mass is 911 g/mol. The molecule has 1 aliphatic rings. The van der Waals surface area contributed by atoms with Gasteiger partial charge in [0, 0.05) is 42.7 Å². The maximum atomic E-state index is 8.91. The van der Waals surface area contributed by atoms with Crippen LogP contribution in [0, 0.1) is 24.0 Å². The fraction of sp³-hybridized carbons (Fsp3) is 0.292. The van der Waals surface area contributed by atoms with E-state index >= 15 is 0 Å². The van der Waals surface area contributed by atoms with Crippen molar-refractivity contribution in [3.63, 3.8) is 0 Å².